The van der Waals surface area contributed by atoms with Gasteiger partial charge in [0.2, 0.25) is 0 Å². The molecule has 0 bridgehead atoms. The average molecular weight is 358 g/mol. The Morgan fingerprint density at radius 3 is 2.64 bits per heavy atom. The summed E-state index contributed by atoms with van der Waals surface area (Å²) in [5.74, 6) is 0.0645. The third kappa shape index (κ3) is 4.06. The number of rotatable bonds is 5. The number of aromatic hydroxyl groups is 1. The standard InChI is InChI=1S/C19H20ClN3O2/c1-19(2,25)8-3-4-16-15-11-21-9-7-13(15)18(23-22-16)14-6-5-12(20)10-17(14)24/h5-7,9-11,24-25H,3-4,8H2,1-2H3. The van der Waals surface area contributed by atoms with E-state index >= 15 is 0 Å². The van der Waals surface area contributed by atoms with Gasteiger partial charge in [0.1, 0.15) is 11.4 Å². The average Bonchev–Trinajstić information content (AvgIpc) is 2.54. The summed E-state index contributed by atoms with van der Waals surface area (Å²) in [5, 5.41) is 31.0. The molecule has 2 aromatic heterocycles. The highest BCUT2D eigenvalue weighted by molar-refractivity contribution is 6.30. The van der Waals surface area contributed by atoms with Crippen molar-refractivity contribution in [2.75, 3.05) is 0 Å². The van der Waals surface area contributed by atoms with Crippen molar-refractivity contribution in [3.63, 3.8) is 0 Å². The molecule has 130 valence electrons. The van der Waals surface area contributed by atoms with Crippen molar-refractivity contribution >= 4 is 22.4 Å². The number of fused-ring (bicyclic) bond motifs is 1. The van der Waals surface area contributed by atoms with Crippen LogP contribution in [0.4, 0.5) is 0 Å². The van der Waals surface area contributed by atoms with Gasteiger partial charge in [0, 0.05) is 33.8 Å². The van der Waals surface area contributed by atoms with Gasteiger partial charge < -0.3 is 10.2 Å². The van der Waals surface area contributed by atoms with E-state index in [1.165, 1.54) is 6.07 Å². The molecule has 0 saturated carbocycles. The molecule has 3 rings (SSSR count). The second kappa shape index (κ2) is 6.94. The molecule has 0 radical (unpaired) electrons. The Labute approximate surface area is 151 Å². The molecule has 0 atom stereocenters. The van der Waals surface area contributed by atoms with E-state index in [0.717, 1.165) is 22.9 Å². The molecular weight excluding hydrogens is 338 g/mol. The summed E-state index contributed by atoms with van der Waals surface area (Å²) in [4.78, 5) is 4.20. The van der Waals surface area contributed by atoms with Crippen molar-refractivity contribution < 1.29 is 10.2 Å². The number of aryl methyl sites for hydroxylation is 1. The van der Waals surface area contributed by atoms with E-state index in [-0.39, 0.29) is 5.75 Å². The highest BCUT2D eigenvalue weighted by atomic mass is 35.5. The first-order valence-corrected chi connectivity index (χ1v) is 8.53. The fourth-order valence-corrected chi connectivity index (χ4v) is 2.99. The normalized spacial score (nSPS) is 11.8. The number of aliphatic hydroxyl groups is 1. The van der Waals surface area contributed by atoms with Gasteiger partial charge in [-0.2, -0.15) is 5.10 Å². The smallest absolute Gasteiger partial charge is 0.126 e. The number of hydrogen-bond acceptors (Lipinski definition) is 5. The number of phenolic OH excluding ortho intramolecular Hbond substituents is 1. The second-order valence-electron chi connectivity index (χ2n) is 6.74. The topological polar surface area (TPSA) is 79.1 Å². The Kier molecular flexibility index (Phi) is 4.88. The summed E-state index contributed by atoms with van der Waals surface area (Å²) >= 11 is 5.92. The van der Waals surface area contributed by atoms with E-state index in [1.807, 2.05) is 6.07 Å². The maximum Gasteiger partial charge on any atom is 0.126 e. The molecule has 0 spiro atoms. The quantitative estimate of drug-likeness (QED) is 0.717. The van der Waals surface area contributed by atoms with Crippen molar-refractivity contribution in [1.29, 1.82) is 0 Å². The Bertz CT molecular complexity index is 907. The summed E-state index contributed by atoms with van der Waals surface area (Å²) in [7, 11) is 0. The first-order valence-electron chi connectivity index (χ1n) is 8.16. The highest BCUT2D eigenvalue weighted by Crippen LogP contribution is 2.34. The van der Waals surface area contributed by atoms with E-state index in [9.17, 15) is 10.2 Å². The molecule has 0 amide bonds. The molecule has 0 aliphatic rings. The van der Waals surface area contributed by atoms with Crippen molar-refractivity contribution in [2.45, 2.75) is 38.7 Å². The summed E-state index contributed by atoms with van der Waals surface area (Å²) in [6.07, 6.45) is 5.64. The number of phenols is 1. The molecule has 0 aliphatic heterocycles. The first kappa shape index (κ1) is 17.6. The van der Waals surface area contributed by atoms with Crippen LogP contribution in [0.25, 0.3) is 22.0 Å². The van der Waals surface area contributed by atoms with Crippen molar-refractivity contribution in [1.82, 2.24) is 15.2 Å². The van der Waals surface area contributed by atoms with Crippen LogP contribution in [0.2, 0.25) is 5.02 Å². The minimum absolute atomic E-state index is 0.0645. The van der Waals surface area contributed by atoms with E-state index in [1.54, 1.807) is 38.4 Å². The first-order chi connectivity index (χ1) is 11.8. The SMILES string of the molecule is CC(C)(O)CCCc1nnc(-c2ccc(Cl)cc2O)c2ccncc12. The molecule has 5 nitrogen and oxygen atoms in total. The molecule has 1 aromatic carbocycles. The monoisotopic (exact) mass is 357 g/mol. The van der Waals surface area contributed by atoms with Gasteiger partial charge in [-0.1, -0.05) is 11.6 Å². The Morgan fingerprint density at radius 1 is 1.12 bits per heavy atom. The Morgan fingerprint density at radius 2 is 1.92 bits per heavy atom. The second-order valence-corrected chi connectivity index (χ2v) is 7.18. The number of halogens is 1. The van der Waals surface area contributed by atoms with Gasteiger partial charge in [0.15, 0.2) is 0 Å². The molecule has 2 N–H and O–H groups in total. The van der Waals surface area contributed by atoms with Crippen LogP contribution in [0, 0.1) is 0 Å². The largest absolute Gasteiger partial charge is 0.507 e. The molecule has 25 heavy (non-hydrogen) atoms. The lowest BCUT2D eigenvalue weighted by molar-refractivity contribution is 0.0689. The summed E-state index contributed by atoms with van der Waals surface area (Å²) in [6.45, 7) is 3.59. The minimum Gasteiger partial charge on any atom is -0.507 e. The van der Waals surface area contributed by atoms with Gasteiger partial charge in [-0.05, 0) is 57.4 Å². The Balaban J connectivity index is 2.01. The maximum atomic E-state index is 10.2. The maximum absolute atomic E-state index is 10.2. The molecular formula is C19H20ClN3O2. The fraction of sp³-hybridized carbons (Fsp3) is 0.316. The van der Waals surface area contributed by atoms with Crippen LogP contribution < -0.4 is 0 Å². The van der Waals surface area contributed by atoms with Gasteiger partial charge >= 0.3 is 0 Å². The van der Waals surface area contributed by atoms with Crippen LogP contribution in [0.1, 0.15) is 32.4 Å². The zero-order valence-electron chi connectivity index (χ0n) is 14.2. The lowest BCUT2D eigenvalue weighted by Gasteiger charge is -2.16. The fourth-order valence-electron chi connectivity index (χ4n) is 2.83. The van der Waals surface area contributed by atoms with Gasteiger partial charge in [-0.3, -0.25) is 4.98 Å². The van der Waals surface area contributed by atoms with E-state index < -0.39 is 5.60 Å². The zero-order chi connectivity index (χ0) is 18.0. The number of aromatic nitrogens is 3. The van der Waals surface area contributed by atoms with Crippen LogP contribution in [-0.2, 0) is 6.42 Å². The van der Waals surface area contributed by atoms with Crippen LogP contribution in [0.15, 0.2) is 36.7 Å². The van der Waals surface area contributed by atoms with Crippen molar-refractivity contribution in [3.05, 3.63) is 47.4 Å². The van der Waals surface area contributed by atoms with Crippen LogP contribution >= 0.6 is 11.6 Å². The highest BCUT2D eigenvalue weighted by Gasteiger charge is 2.16. The predicted octanol–water partition coefficient (Wildman–Crippen LogP) is 4.14. The number of hydrogen-bond donors (Lipinski definition) is 2. The van der Waals surface area contributed by atoms with Crippen molar-refractivity contribution in [2.24, 2.45) is 0 Å². The Hall–Kier alpha value is -2.24. The summed E-state index contributed by atoms with van der Waals surface area (Å²) in [6, 6.07) is 6.80. The molecule has 6 heteroatoms. The predicted molar refractivity (Wildman–Crippen MR) is 98.7 cm³/mol. The minimum atomic E-state index is -0.698. The van der Waals surface area contributed by atoms with E-state index in [0.29, 0.717) is 29.1 Å². The van der Waals surface area contributed by atoms with E-state index in [2.05, 4.69) is 15.2 Å². The molecule has 2 heterocycles. The molecule has 0 saturated heterocycles. The summed E-state index contributed by atoms with van der Waals surface area (Å²) in [5.41, 5.74) is 1.31. The van der Waals surface area contributed by atoms with Gasteiger partial charge in [-0.25, -0.2) is 0 Å². The molecule has 0 fully saturated rings. The number of pyridine rings is 1. The van der Waals surface area contributed by atoms with Gasteiger partial charge in [0.25, 0.3) is 0 Å². The number of benzene rings is 1. The van der Waals surface area contributed by atoms with Crippen molar-refractivity contribution in [3.8, 4) is 17.0 Å². The molecule has 0 unspecified atom stereocenters. The zero-order valence-corrected chi connectivity index (χ0v) is 15.0. The van der Waals surface area contributed by atoms with Crippen LogP contribution in [-0.4, -0.2) is 31.0 Å². The lowest BCUT2D eigenvalue weighted by Crippen LogP contribution is -2.18. The molecule has 3 aromatic rings. The van der Waals surface area contributed by atoms with Gasteiger partial charge in [0.05, 0.1) is 11.3 Å². The van der Waals surface area contributed by atoms with Crippen LogP contribution in [0.5, 0.6) is 5.75 Å². The van der Waals surface area contributed by atoms with Crippen LogP contribution in [0.3, 0.4) is 0 Å². The van der Waals surface area contributed by atoms with Gasteiger partial charge in [-0.15, -0.1) is 5.10 Å². The third-order valence-electron chi connectivity index (χ3n) is 4.07. The lowest BCUT2D eigenvalue weighted by atomic mass is 9.98. The third-order valence-corrected chi connectivity index (χ3v) is 4.31. The summed E-state index contributed by atoms with van der Waals surface area (Å²) < 4.78 is 0. The molecule has 0 aliphatic carbocycles. The number of nitrogens with zero attached hydrogens (tertiary/aromatic N) is 3. The van der Waals surface area contributed by atoms with E-state index in [4.69, 9.17) is 11.6 Å².